The highest BCUT2D eigenvalue weighted by atomic mass is 16.5. The van der Waals surface area contributed by atoms with Crippen LogP contribution in [0.3, 0.4) is 0 Å². The van der Waals surface area contributed by atoms with Gasteiger partial charge in [0.15, 0.2) is 0 Å². The summed E-state index contributed by atoms with van der Waals surface area (Å²) in [6, 6.07) is 1.86. The molecule has 0 aromatic carbocycles. The Hall–Kier alpha value is -0.890. The average molecular weight is 849 g/mol. The van der Waals surface area contributed by atoms with Crippen LogP contribution in [-0.2, 0) is 14.3 Å². The summed E-state index contributed by atoms with van der Waals surface area (Å²) in [5.41, 5.74) is 4.83. The Morgan fingerprint density at radius 2 is 1.33 bits per heavy atom. The van der Waals surface area contributed by atoms with E-state index in [0.29, 0.717) is 53.3 Å². The molecule has 2 N–H and O–H groups in total. The quantitative estimate of drug-likeness (QED) is 0.343. The Kier molecular flexibility index (Phi) is 14.1. The van der Waals surface area contributed by atoms with Gasteiger partial charge in [-0.1, -0.05) is 32.6 Å². The molecule has 10 atom stereocenters. The molecular weight excluding hydrogens is 761 g/mol. The van der Waals surface area contributed by atoms with E-state index in [2.05, 4.69) is 54.2 Å². The maximum atomic E-state index is 14.7. The zero-order valence-electron chi connectivity index (χ0n) is 38.9. The Labute approximate surface area is 371 Å². The van der Waals surface area contributed by atoms with Gasteiger partial charge >= 0.3 is 0 Å². The summed E-state index contributed by atoms with van der Waals surface area (Å²) in [6.45, 7) is 17.6. The Balaban J connectivity index is 0.804. The molecule has 11 heteroatoms. The number of piperazine rings is 1. The summed E-state index contributed by atoms with van der Waals surface area (Å²) in [5.74, 6) is 4.67. The predicted molar refractivity (Wildman–Crippen MR) is 242 cm³/mol. The predicted octanol–water partition coefficient (Wildman–Crippen LogP) is 6.06. The first-order valence-corrected chi connectivity index (χ1v) is 26.4. The van der Waals surface area contributed by atoms with Gasteiger partial charge in [0.05, 0.1) is 26.0 Å². The zero-order chi connectivity index (χ0) is 41.4. The molecule has 7 saturated heterocycles. The van der Waals surface area contributed by atoms with Crippen LogP contribution >= 0.6 is 0 Å². The van der Waals surface area contributed by atoms with Crippen molar-refractivity contribution in [2.24, 2.45) is 46.3 Å². The molecule has 2 spiro atoms. The minimum absolute atomic E-state index is 0.0957. The van der Waals surface area contributed by atoms with Crippen LogP contribution in [0, 0.1) is 46.3 Å². The lowest BCUT2D eigenvalue weighted by molar-refractivity contribution is -0.136. The molecule has 4 aliphatic carbocycles. The van der Waals surface area contributed by atoms with Crippen LogP contribution in [0.5, 0.6) is 0 Å². The second-order valence-electron chi connectivity index (χ2n) is 23.5. The highest BCUT2D eigenvalue weighted by Gasteiger charge is 2.47. The largest absolute Gasteiger partial charge is 0.365 e. The van der Waals surface area contributed by atoms with Crippen LogP contribution in [0.25, 0.3) is 0 Å². The van der Waals surface area contributed by atoms with Crippen LogP contribution in [0.1, 0.15) is 135 Å². The molecule has 9 unspecified atom stereocenters. The van der Waals surface area contributed by atoms with E-state index in [0.717, 1.165) is 103 Å². The fourth-order valence-corrected chi connectivity index (χ4v) is 14.7. The number of fused-ring (bicyclic) bond motifs is 13. The van der Waals surface area contributed by atoms with E-state index in [1.165, 1.54) is 142 Å². The number of nitrogens with zero attached hydrogens (tertiary/aromatic N) is 6. The fourth-order valence-electron chi connectivity index (χ4n) is 14.7. The Bertz CT molecular complexity index is 1420. The molecule has 61 heavy (non-hydrogen) atoms. The number of hydrazine groups is 1. The summed E-state index contributed by atoms with van der Waals surface area (Å²) in [6.07, 6.45) is 26.4. The third-order valence-corrected chi connectivity index (χ3v) is 19.1. The topological polar surface area (TPSA) is 79.0 Å². The van der Waals surface area contributed by atoms with Crippen molar-refractivity contribution in [3.05, 3.63) is 0 Å². The van der Waals surface area contributed by atoms with Gasteiger partial charge in [0.1, 0.15) is 6.73 Å². The van der Waals surface area contributed by atoms with Gasteiger partial charge in [-0.25, -0.2) is 10.4 Å². The second-order valence-corrected chi connectivity index (χ2v) is 23.5. The average Bonchev–Trinajstić information content (AvgIpc) is 4.20. The number of amides is 1. The molecule has 11 nitrogen and oxygen atoms in total. The third kappa shape index (κ3) is 10.7. The molecule has 0 aromatic heterocycles. The van der Waals surface area contributed by atoms with Gasteiger partial charge in [-0.15, -0.1) is 0 Å². The monoisotopic (exact) mass is 849 g/mol. The molecule has 7 aliphatic heterocycles. The minimum atomic E-state index is -0.0957. The van der Waals surface area contributed by atoms with Crippen LogP contribution in [0.2, 0.25) is 0 Å². The first-order valence-electron chi connectivity index (χ1n) is 26.4. The number of carbonyl (C=O) groups is 1. The van der Waals surface area contributed by atoms with E-state index in [9.17, 15) is 4.79 Å². The molecule has 11 rings (SSSR count). The van der Waals surface area contributed by atoms with Gasteiger partial charge in [-0.05, 0) is 182 Å². The van der Waals surface area contributed by atoms with E-state index in [1.807, 2.05) is 0 Å². The minimum Gasteiger partial charge on any atom is -0.365 e. The summed E-state index contributed by atoms with van der Waals surface area (Å²) in [4.78, 5) is 27.6. The van der Waals surface area contributed by atoms with Crippen molar-refractivity contribution in [3.8, 4) is 0 Å². The van der Waals surface area contributed by atoms with Gasteiger partial charge in [-0.2, -0.15) is 0 Å². The zero-order valence-corrected chi connectivity index (χ0v) is 38.9. The van der Waals surface area contributed by atoms with E-state index in [4.69, 9.17) is 9.47 Å². The highest BCUT2D eigenvalue weighted by molar-refractivity contribution is 5.82. The first-order chi connectivity index (χ1) is 29.8. The molecule has 4 saturated carbocycles. The van der Waals surface area contributed by atoms with Gasteiger partial charge in [0.2, 0.25) is 5.91 Å². The van der Waals surface area contributed by atoms with Crippen molar-refractivity contribution in [2.75, 3.05) is 106 Å². The second kappa shape index (κ2) is 19.5. The Morgan fingerprint density at radius 3 is 2.05 bits per heavy atom. The summed E-state index contributed by atoms with van der Waals surface area (Å²) < 4.78 is 13.3. The number of rotatable bonds is 2. The van der Waals surface area contributed by atoms with Gasteiger partial charge in [0, 0.05) is 64.1 Å². The number of likely N-dealkylation sites (tertiary alicyclic amines) is 1. The third-order valence-electron chi connectivity index (χ3n) is 19.1. The van der Waals surface area contributed by atoms with Crippen molar-refractivity contribution >= 4 is 5.91 Å². The lowest BCUT2D eigenvalue weighted by atomic mass is 9.70. The maximum Gasteiger partial charge on any atom is 0.239 e. The van der Waals surface area contributed by atoms with Crippen LogP contribution in [0.15, 0.2) is 0 Å². The lowest BCUT2D eigenvalue weighted by Crippen LogP contribution is -2.58. The molecule has 346 valence electrons. The number of nitrogens with one attached hydrogen (secondary N) is 2. The van der Waals surface area contributed by atoms with E-state index in [-0.39, 0.29) is 6.04 Å². The summed E-state index contributed by atoms with van der Waals surface area (Å²) in [7, 11) is 2.26. The molecule has 0 radical (unpaired) electrons. The molecule has 0 aromatic rings. The lowest BCUT2D eigenvalue weighted by Gasteiger charge is -2.50. The van der Waals surface area contributed by atoms with Gasteiger partial charge in [-0.3, -0.25) is 24.8 Å². The number of piperidine rings is 3. The van der Waals surface area contributed by atoms with E-state index in [1.54, 1.807) is 0 Å². The van der Waals surface area contributed by atoms with Crippen molar-refractivity contribution in [1.29, 1.82) is 0 Å². The highest BCUT2D eigenvalue weighted by Crippen LogP contribution is 2.53. The SMILES string of the molecule is CC1CC2CC3CN(COCC4(CCCCC5(CC5)COCN5CC(CC6CCCCC65)C5CCN(CC5)CN[C@H](C(=O)N5CCN(C6CCN(C)CC6)CC5)C2)CC4)NC13. The molecule has 7 bridgehead atoms. The van der Waals surface area contributed by atoms with Crippen molar-refractivity contribution in [1.82, 2.24) is 40.3 Å². The van der Waals surface area contributed by atoms with Crippen molar-refractivity contribution in [3.63, 3.8) is 0 Å². The van der Waals surface area contributed by atoms with E-state index < -0.39 is 0 Å². The maximum absolute atomic E-state index is 14.7. The standard InChI is InChI=1S/C50H88N8O3/c1-38-27-39-28-43-32-58(52-47(38)43)37-61-34-50(17-18-50)14-6-5-13-49(15-16-49)33-60-36-57-31-42(30-41-7-3-4-8-46(41)57)40-9-21-54(22-10-40)35-51-45(29-39)48(59)56-25-23-55(24-26-56)44-11-19-53(2)20-12-44/h38-47,51-52H,3-37H2,1-2H3/t38?,39?,41?,42?,43?,45-,46?,47?/m0/s1. The number of ether oxygens (including phenoxy) is 2. The molecule has 7 heterocycles. The van der Waals surface area contributed by atoms with E-state index >= 15 is 0 Å². The Morgan fingerprint density at radius 1 is 0.623 bits per heavy atom. The summed E-state index contributed by atoms with van der Waals surface area (Å²) in [5, 5.41) is 6.39. The van der Waals surface area contributed by atoms with Crippen LogP contribution in [-0.4, -0.2) is 165 Å². The number of carbonyl (C=O) groups excluding carboxylic acids is 1. The normalized spacial score (nSPS) is 43.4. The van der Waals surface area contributed by atoms with Crippen molar-refractivity contribution in [2.45, 2.75) is 160 Å². The van der Waals surface area contributed by atoms with Crippen LogP contribution < -0.4 is 10.7 Å². The summed E-state index contributed by atoms with van der Waals surface area (Å²) >= 11 is 0. The van der Waals surface area contributed by atoms with Gasteiger partial charge in [0.25, 0.3) is 0 Å². The number of hydrogen-bond donors (Lipinski definition) is 2. The number of hydrogen-bond acceptors (Lipinski definition) is 10. The van der Waals surface area contributed by atoms with Crippen molar-refractivity contribution < 1.29 is 14.3 Å². The molecule has 1 amide bonds. The molecule has 11 fully saturated rings. The fraction of sp³-hybridized carbons (Fsp3) is 0.980. The first kappa shape index (κ1) is 44.0. The van der Waals surface area contributed by atoms with Gasteiger partial charge < -0.3 is 19.3 Å². The van der Waals surface area contributed by atoms with Crippen LogP contribution in [0.4, 0.5) is 0 Å². The molecule has 11 aliphatic rings. The smallest absolute Gasteiger partial charge is 0.239 e. The molecular formula is C50H88N8O3.